The Labute approximate surface area is 107 Å². The number of nitrogens with zero attached hydrogens (tertiary/aromatic N) is 3. The standard InChI is InChI=1S/C10H14F3N3O3/c1-3-19-9(17)8-7(2)16(15-14-8)4-5-18-6-10(11,12)13/h3-6H2,1-2H3. The van der Waals surface area contributed by atoms with Crippen molar-refractivity contribution >= 4 is 5.97 Å². The van der Waals surface area contributed by atoms with E-state index >= 15 is 0 Å². The van der Waals surface area contributed by atoms with Crippen LogP contribution in [0.4, 0.5) is 13.2 Å². The second kappa shape index (κ2) is 6.50. The monoisotopic (exact) mass is 281 g/mol. The summed E-state index contributed by atoms with van der Waals surface area (Å²) in [5.74, 6) is -0.609. The molecule has 0 aromatic carbocycles. The molecule has 0 N–H and O–H groups in total. The summed E-state index contributed by atoms with van der Waals surface area (Å²) >= 11 is 0. The zero-order valence-corrected chi connectivity index (χ0v) is 10.5. The van der Waals surface area contributed by atoms with Gasteiger partial charge in [0.15, 0.2) is 5.69 Å². The Kier molecular flexibility index (Phi) is 5.28. The molecule has 0 atom stereocenters. The van der Waals surface area contributed by atoms with Gasteiger partial charge in [0, 0.05) is 0 Å². The van der Waals surface area contributed by atoms with Crippen molar-refractivity contribution in [2.45, 2.75) is 26.6 Å². The van der Waals surface area contributed by atoms with Gasteiger partial charge < -0.3 is 9.47 Å². The van der Waals surface area contributed by atoms with Crippen LogP contribution in [0.5, 0.6) is 0 Å². The van der Waals surface area contributed by atoms with Gasteiger partial charge in [-0.3, -0.25) is 0 Å². The second-order valence-corrected chi connectivity index (χ2v) is 3.63. The third-order valence-corrected chi connectivity index (χ3v) is 2.16. The quantitative estimate of drug-likeness (QED) is 0.581. The first-order valence-corrected chi connectivity index (χ1v) is 5.57. The second-order valence-electron chi connectivity index (χ2n) is 3.63. The van der Waals surface area contributed by atoms with Crippen LogP contribution in [0.25, 0.3) is 0 Å². The van der Waals surface area contributed by atoms with E-state index in [-0.39, 0.29) is 25.5 Å². The smallest absolute Gasteiger partial charge is 0.411 e. The Morgan fingerprint density at radius 2 is 2.11 bits per heavy atom. The lowest BCUT2D eigenvalue weighted by Crippen LogP contribution is -2.19. The van der Waals surface area contributed by atoms with Crippen LogP contribution in [0.1, 0.15) is 23.1 Å². The van der Waals surface area contributed by atoms with Crippen molar-refractivity contribution < 1.29 is 27.4 Å². The van der Waals surface area contributed by atoms with E-state index in [1.165, 1.54) is 4.68 Å². The van der Waals surface area contributed by atoms with Crippen molar-refractivity contribution in [2.75, 3.05) is 19.8 Å². The van der Waals surface area contributed by atoms with E-state index in [1.54, 1.807) is 13.8 Å². The lowest BCUT2D eigenvalue weighted by Gasteiger charge is -2.08. The average molecular weight is 281 g/mol. The van der Waals surface area contributed by atoms with Crippen molar-refractivity contribution in [3.63, 3.8) is 0 Å². The minimum absolute atomic E-state index is 0.0534. The van der Waals surface area contributed by atoms with Crippen LogP contribution < -0.4 is 0 Å². The van der Waals surface area contributed by atoms with Crippen molar-refractivity contribution in [1.29, 1.82) is 0 Å². The number of halogens is 3. The topological polar surface area (TPSA) is 66.2 Å². The average Bonchev–Trinajstić information content (AvgIpc) is 2.65. The zero-order valence-electron chi connectivity index (χ0n) is 10.5. The molecule has 9 heteroatoms. The molecule has 1 aromatic heterocycles. The molecule has 19 heavy (non-hydrogen) atoms. The number of ether oxygens (including phenoxy) is 2. The molecule has 6 nitrogen and oxygen atoms in total. The van der Waals surface area contributed by atoms with Gasteiger partial charge in [0.05, 0.1) is 25.5 Å². The molecule has 0 unspecified atom stereocenters. The molecule has 0 aliphatic heterocycles. The molecule has 1 rings (SSSR count). The fourth-order valence-electron chi connectivity index (χ4n) is 1.30. The molecule has 1 heterocycles. The van der Waals surface area contributed by atoms with Crippen LogP contribution in [-0.4, -0.2) is 47.0 Å². The summed E-state index contributed by atoms with van der Waals surface area (Å²) < 4.78 is 46.0. The first-order valence-electron chi connectivity index (χ1n) is 5.57. The molecular formula is C10H14F3N3O3. The lowest BCUT2D eigenvalue weighted by atomic mass is 10.3. The van der Waals surface area contributed by atoms with Gasteiger partial charge in [0.2, 0.25) is 0 Å². The van der Waals surface area contributed by atoms with E-state index in [0.717, 1.165) is 0 Å². The highest BCUT2D eigenvalue weighted by molar-refractivity contribution is 5.88. The molecule has 0 aliphatic carbocycles. The van der Waals surface area contributed by atoms with Crippen LogP contribution in [0.2, 0.25) is 0 Å². The maximum absolute atomic E-state index is 11.8. The third-order valence-electron chi connectivity index (χ3n) is 2.16. The summed E-state index contributed by atoms with van der Waals surface area (Å²) in [6.45, 7) is 2.03. The van der Waals surface area contributed by atoms with Crippen molar-refractivity contribution in [3.8, 4) is 0 Å². The number of hydrogen-bond donors (Lipinski definition) is 0. The molecule has 0 radical (unpaired) electrons. The molecular weight excluding hydrogens is 267 g/mol. The van der Waals surface area contributed by atoms with Crippen LogP contribution in [0, 0.1) is 6.92 Å². The summed E-state index contributed by atoms with van der Waals surface area (Å²) in [7, 11) is 0. The maximum atomic E-state index is 11.8. The molecule has 108 valence electrons. The summed E-state index contributed by atoms with van der Waals surface area (Å²) in [5, 5.41) is 7.28. The number of hydrogen-bond acceptors (Lipinski definition) is 5. The Bertz CT molecular complexity index is 431. The van der Waals surface area contributed by atoms with Crippen LogP contribution in [0.15, 0.2) is 0 Å². The van der Waals surface area contributed by atoms with Crippen LogP contribution >= 0.6 is 0 Å². The predicted molar refractivity (Wildman–Crippen MR) is 57.6 cm³/mol. The molecule has 0 fully saturated rings. The molecule has 1 aromatic rings. The number of rotatable bonds is 6. The molecule has 0 saturated carbocycles. The molecule has 0 saturated heterocycles. The minimum atomic E-state index is -4.35. The highest BCUT2D eigenvalue weighted by Gasteiger charge is 2.27. The van der Waals surface area contributed by atoms with Crippen molar-refractivity contribution in [2.24, 2.45) is 0 Å². The van der Waals surface area contributed by atoms with Gasteiger partial charge in [-0.2, -0.15) is 13.2 Å². The number of alkyl halides is 3. The first-order chi connectivity index (χ1) is 8.85. The van der Waals surface area contributed by atoms with Crippen LogP contribution in [0.3, 0.4) is 0 Å². The fraction of sp³-hybridized carbons (Fsp3) is 0.700. The summed E-state index contributed by atoms with van der Waals surface area (Å²) in [6.07, 6.45) is -4.35. The predicted octanol–water partition coefficient (Wildman–Crippen LogP) is 1.34. The van der Waals surface area contributed by atoms with Gasteiger partial charge in [-0.1, -0.05) is 5.21 Å². The maximum Gasteiger partial charge on any atom is 0.411 e. The van der Waals surface area contributed by atoms with Gasteiger partial charge >= 0.3 is 12.1 Å². The van der Waals surface area contributed by atoms with Crippen molar-refractivity contribution in [1.82, 2.24) is 15.0 Å². The first kappa shape index (κ1) is 15.4. The number of carbonyl (C=O) groups excluding carboxylic acids is 1. The highest BCUT2D eigenvalue weighted by atomic mass is 19.4. The van der Waals surface area contributed by atoms with E-state index < -0.39 is 18.8 Å². The molecule has 0 bridgehead atoms. The van der Waals surface area contributed by atoms with E-state index in [2.05, 4.69) is 15.0 Å². The van der Waals surface area contributed by atoms with Gasteiger partial charge in [0.25, 0.3) is 0 Å². The summed E-state index contributed by atoms with van der Waals surface area (Å²) in [4.78, 5) is 11.4. The Morgan fingerprint density at radius 1 is 1.42 bits per heavy atom. The van der Waals surface area contributed by atoms with Crippen molar-refractivity contribution in [3.05, 3.63) is 11.4 Å². The zero-order chi connectivity index (χ0) is 14.5. The Balaban J connectivity index is 2.50. The van der Waals surface area contributed by atoms with E-state index in [4.69, 9.17) is 4.74 Å². The van der Waals surface area contributed by atoms with E-state index in [9.17, 15) is 18.0 Å². The minimum Gasteiger partial charge on any atom is -0.461 e. The summed E-state index contributed by atoms with van der Waals surface area (Å²) in [6, 6.07) is 0. The van der Waals surface area contributed by atoms with Gasteiger partial charge in [-0.05, 0) is 13.8 Å². The van der Waals surface area contributed by atoms with Crippen LogP contribution in [-0.2, 0) is 16.0 Å². The Hall–Kier alpha value is -1.64. The Morgan fingerprint density at radius 3 is 2.68 bits per heavy atom. The van der Waals surface area contributed by atoms with E-state index in [1.807, 2.05) is 0 Å². The normalized spacial score (nSPS) is 11.6. The lowest BCUT2D eigenvalue weighted by molar-refractivity contribution is -0.174. The largest absolute Gasteiger partial charge is 0.461 e. The van der Waals surface area contributed by atoms with Gasteiger partial charge in [0.1, 0.15) is 6.61 Å². The number of carbonyl (C=O) groups is 1. The molecule has 0 amide bonds. The fourth-order valence-corrected chi connectivity index (χ4v) is 1.30. The number of esters is 1. The SMILES string of the molecule is CCOC(=O)c1nnn(CCOCC(F)(F)F)c1C. The third kappa shape index (κ3) is 4.86. The molecule has 0 spiro atoms. The highest BCUT2D eigenvalue weighted by Crippen LogP contribution is 2.14. The molecule has 0 aliphatic rings. The number of aromatic nitrogens is 3. The summed E-state index contributed by atoms with van der Waals surface area (Å²) in [5.41, 5.74) is 0.478. The van der Waals surface area contributed by atoms with E-state index in [0.29, 0.717) is 5.69 Å². The van der Waals surface area contributed by atoms with Gasteiger partial charge in [-0.15, -0.1) is 5.10 Å². The van der Waals surface area contributed by atoms with Gasteiger partial charge in [-0.25, -0.2) is 9.48 Å².